The van der Waals surface area contributed by atoms with Crippen molar-refractivity contribution < 1.29 is 74.3 Å². The number of nitrogens with zero attached hydrogens (tertiary/aromatic N) is 3. The van der Waals surface area contributed by atoms with Gasteiger partial charge in [-0.2, -0.15) is 0 Å². The fraction of sp³-hybridized carbons (Fsp3) is 0.262. The quantitative estimate of drug-likeness (QED) is 0.0491. The maximum atomic E-state index is 13.3. The first kappa shape index (κ1) is 64.5. The second kappa shape index (κ2) is 25.8. The lowest BCUT2D eigenvalue weighted by molar-refractivity contribution is -0.287. The van der Waals surface area contributed by atoms with Gasteiger partial charge in [-0.25, -0.2) is 15.0 Å². The number of nitrogen functional groups attached to an aromatic ring is 1. The van der Waals surface area contributed by atoms with Crippen LogP contribution in [0.1, 0.15) is 83.0 Å². The zero-order valence-electron chi connectivity index (χ0n) is 48.7. The van der Waals surface area contributed by atoms with E-state index in [0.717, 1.165) is 22.3 Å². The molecule has 3 saturated carbocycles. The summed E-state index contributed by atoms with van der Waals surface area (Å²) in [5.74, 6) is 0.0927. The molecule has 5 aromatic carbocycles. The van der Waals surface area contributed by atoms with E-state index >= 15 is 0 Å². The van der Waals surface area contributed by atoms with Crippen LogP contribution in [0.4, 0.5) is 49.6 Å². The largest absolute Gasteiger partial charge is 0.586 e. The molecule has 91 heavy (non-hydrogen) atoms. The van der Waals surface area contributed by atoms with Gasteiger partial charge in [0.05, 0.1) is 16.2 Å². The molecular formula is C65H58Cl2F6N8O10. The molecular weight excluding hydrogens is 1240 g/mol. The highest BCUT2D eigenvalue weighted by atomic mass is 35.5. The number of ether oxygens (including phenoxy) is 6. The molecule has 0 radical (unpaired) electrons. The Balaban J connectivity index is 0.000000136. The average Bonchev–Trinajstić information content (AvgIpc) is 1.77. The summed E-state index contributed by atoms with van der Waals surface area (Å²) in [6, 6.07) is 43.6. The second-order valence-corrected chi connectivity index (χ2v) is 22.7. The lowest BCUT2D eigenvalue weighted by Gasteiger charge is -2.17. The van der Waals surface area contributed by atoms with E-state index in [1.807, 2.05) is 93.6 Å². The van der Waals surface area contributed by atoms with Crippen molar-refractivity contribution in [1.82, 2.24) is 15.0 Å². The van der Waals surface area contributed by atoms with Gasteiger partial charge in [0, 0.05) is 13.1 Å². The van der Waals surface area contributed by atoms with Crippen molar-refractivity contribution in [3.8, 4) is 34.5 Å². The number of alkyl halides is 6. The van der Waals surface area contributed by atoms with Crippen LogP contribution in [0.15, 0.2) is 152 Å². The van der Waals surface area contributed by atoms with Crippen LogP contribution in [0, 0.1) is 20.8 Å². The number of carboxylic acids is 1. The van der Waals surface area contributed by atoms with Gasteiger partial charge in [0.1, 0.15) is 33.6 Å². The third-order valence-corrected chi connectivity index (χ3v) is 16.2. The molecule has 2 amide bonds. The van der Waals surface area contributed by atoms with Crippen molar-refractivity contribution in [2.24, 2.45) is 5.73 Å². The molecule has 3 aliphatic heterocycles. The normalized spacial score (nSPS) is 17.0. The first-order valence-corrected chi connectivity index (χ1v) is 29.0. The minimum atomic E-state index is -3.69. The molecule has 0 atom stereocenters. The fourth-order valence-corrected chi connectivity index (χ4v) is 10.1. The Hall–Kier alpha value is -9.52. The SMILES string of the molecule is Cc1ccc(N)nc1Cl.Cc1ccc(NC(=O)C2(c3ccc4c(c3)OC(F)(F)O4)CC2)nc1Cl.Cc1ccc(NC(=O)C2(c3ccc4c(c3)OC(F)(F)O4)CC2)nc1NCc1ccccc1.NCc1ccccc1.O=C(O)C1(c2ccc3c(c2)OC(F)(F)O3)CC1. The maximum absolute atomic E-state index is 13.3. The van der Waals surface area contributed by atoms with E-state index < -0.39 is 41.1 Å². The molecule has 0 saturated heterocycles. The number of halogens is 8. The van der Waals surface area contributed by atoms with Crippen LogP contribution in [0.25, 0.3) is 0 Å². The van der Waals surface area contributed by atoms with E-state index in [9.17, 15) is 40.7 Å². The molecule has 26 heteroatoms. The van der Waals surface area contributed by atoms with Gasteiger partial charge >= 0.3 is 24.9 Å². The lowest BCUT2D eigenvalue weighted by Crippen LogP contribution is -2.28. The molecule has 0 bridgehead atoms. The molecule has 14 rings (SSSR count). The Labute approximate surface area is 527 Å². The zero-order valence-corrected chi connectivity index (χ0v) is 50.2. The Bertz CT molecular complexity index is 4030. The Morgan fingerprint density at radius 1 is 0.484 bits per heavy atom. The predicted molar refractivity (Wildman–Crippen MR) is 325 cm³/mol. The van der Waals surface area contributed by atoms with Gasteiger partial charge in [-0.3, -0.25) is 14.4 Å². The molecule has 6 aliphatic rings. The molecule has 8 aromatic rings. The van der Waals surface area contributed by atoms with Crippen LogP contribution in [-0.4, -0.2) is 56.7 Å². The number of aliphatic carboxylic acids is 1. The van der Waals surface area contributed by atoms with Crippen molar-refractivity contribution >= 4 is 64.3 Å². The predicted octanol–water partition coefficient (Wildman–Crippen LogP) is 13.9. The summed E-state index contributed by atoms with van der Waals surface area (Å²) < 4.78 is 105. The summed E-state index contributed by atoms with van der Waals surface area (Å²) in [5, 5.41) is 18.8. The summed E-state index contributed by atoms with van der Waals surface area (Å²) in [5.41, 5.74) is 14.9. The molecule has 3 fully saturated rings. The smallest absolute Gasteiger partial charge is 0.481 e. The maximum Gasteiger partial charge on any atom is 0.586 e. The number of carbonyl (C=O) groups is 3. The molecule has 3 aliphatic carbocycles. The highest BCUT2D eigenvalue weighted by molar-refractivity contribution is 6.30. The van der Waals surface area contributed by atoms with E-state index in [-0.39, 0.29) is 46.3 Å². The number of carbonyl (C=O) groups excluding carboxylic acids is 2. The topological polar surface area (TPSA) is 254 Å². The molecule has 8 N–H and O–H groups in total. The number of fused-ring (bicyclic) bond motifs is 3. The number of carboxylic acid groups (broad SMARTS) is 1. The first-order valence-electron chi connectivity index (χ1n) is 28.3. The third kappa shape index (κ3) is 15.2. The zero-order chi connectivity index (χ0) is 65.1. The number of nitrogens with two attached hydrogens (primary N) is 2. The average molecular weight is 1300 g/mol. The van der Waals surface area contributed by atoms with Gasteiger partial charge in [0.2, 0.25) is 11.8 Å². The molecule has 474 valence electrons. The molecule has 0 spiro atoms. The summed E-state index contributed by atoms with van der Waals surface area (Å²) in [4.78, 5) is 49.4. The van der Waals surface area contributed by atoms with Gasteiger partial charge in [0.25, 0.3) is 0 Å². The van der Waals surface area contributed by atoms with Crippen LogP contribution in [-0.2, 0) is 43.7 Å². The van der Waals surface area contributed by atoms with Crippen LogP contribution < -0.4 is 55.8 Å². The summed E-state index contributed by atoms with van der Waals surface area (Å²) in [6.45, 7) is 6.88. The van der Waals surface area contributed by atoms with E-state index in [2.05, 4.69) is 59.3 Å². The fourth-order valence-electron chi connectivity index (χ4n) is 9.77. The van der Waals surface area contributed by atoms with Crippen molar-refractivity contribution in [3.05, 3.63) is 206 Å². The Morgan fingerprint density at radius 3 is 1.23 bits per heavy atom. The molecule has 6 heterocycles. The van der Waals surface area contributed by atoms with E-state index in [0.29, 0.717) is 102 Å². The second-order valence-electron chi connectivity index (χ2n) is 22.0. The number of anilines is 4. The number of rotatable bonds is 12. The number of aromatic nitrogens is 3. The van der Waals surface area contributed by atoms with E-state index in [1.165, 1.54) is 48.0 Å². The standard InChI is InChI=1S/C24H21F2N3O3.C17H13ClF2N2O3.C11H8F2O4.C7H9N.C6H7ClN2/c1-15-7-10-20(28-21(15)27-14-16-5-3-2-4-6-16)29-22(30)23(11-12-23)17-8-9-18-19(13-17)32-24(25,26)31-18;1-9-2-5-13(21-14(9)18)22-15(23)16(6-7-16)10-3-4-11-12(8-10)25-17(19,20)24-11;12-11(13)16-7-2-1-6(5-8(7)17-11)10(3-4-10)9(14)15;8-6-7-4-2-1-3-5-7;1-4-2-3-5(8)9-6(4)7/h2-10,13H,11-12,14H2,1H3,(H2,27,28,29,30);2-5,8H,6-7H2,1H3,(H,21,22,23);1-2,5H,3-4H2,(H,14,15);1-5H,6,8H2;2-3H,1H3,(H2,8,9). The molecule has 0 unspecified atom stereocenters. The van der Waals surface area contributed by atoms with Crippen LogP contribution >= 0.6 is 23.2 Å². The highest BCUT2D eigenvalue weighted by Crippen LogP contribution is 2.55. The van der Waals surface area contributed by atoms with Crippen molar-refractivity contribution in [1.29, 1.82) is 0 Å². The first-order chi connectivity index (χ1) is 43.2. The van der Waals surface area contributed by atoms with E-state index in [1.54, 1.807) is 36.4 Å². The number of hydrogen-bond acceptors (Lipinski definition) is 15. The number of benzene rings is 5. The van der Waals surface area contributed by atoms with Gasteiger partial charge in [-0.05, 0) is 158 Å². The van der Waals surface area contributed by atoms with Crippen molar-refractivity contribution in [2.75, 3.05) is 21.7 Å². The summed E-state index contributed by atoms with van der Waals surface area (Å²) in [6.07, 6.45) is -7.57. The summed E-state index contributed by atoms with van der Waals surface area (Å²) in [7, 11) is 0. The van der Waals surface area contributed by atoms with Crippen molar-refractivity contribution in [3.63, 3.8) is 0 Å². The van der Waals surface area contributed by atoms with Gasteiger partial charge in [-0.1, -0.05) is 120 Å². The number of amides is 2. The van der Waals surface area contributed by atoms with Gasteiger partial charge < -0.3 is 60.9 Å². The van der Waals surface area contributed by atoms with Gasteiger partial charge in [0.15, 0.2) is 34.5 Å². The summed E-state index contributed by atoms with van der Waals surface area (Å²) >= 11 is 11.6. The Kier molecular flexibility index (Phi) is 18.2. The highest BCUT2D eigenvalue weighted by Gasteiger charge is 2.55. The third-order valence-electron chi connectivity index (χ3n) is 15.4. The van der Waals surface area contributed by atoms with Crippen LogP contribution in [0.2, 0.25) is 10.3 Å². The van der Waals surface area contributed by atoms with Crippen molar-refractivity contribution in [2.45, 2.75) is 108 Å². The number of hydrogen-bond donors (Lipinski definition) is 6. The molecule has 18 nitrogen and oxygen atoms in total. The number of aryl methyl sites for hydroxylation is 3. The van der Waals surface area contributed by atoms with E-state index in [4.69, 9.17) is 39.8 Å². The molecule has 3 aromatic heterocycles. The lowest BCUT2D eigenvalue weighted by atomic mass is 9.94. The number of pyridine rings is 3. The Morgan fingerprint density at radius 2 is 0.857 bits per heavy atom. The van der Waals surface area contributed by atoms with Crippen LogP contribution in [0.5, 0.6) is 34.5 Å². The number of nitrogens with one attached hydrogen (secondary N) is 3. The minimum absolute atomic E-state index is 0.0377. The van der Waals surface area contributed by atoms with Gasteiger partial charge in [-0.15, -0.1) is 26.3 Å². The van der Waals surface area contributed by atoms with Crippen LogP contribution in [0.3, 0.4) is 0 Å². The monoisotopic (exact) mass is 1290 g/mol. The minimum Gasteiger partial charge on any atom is -0.481 e.